The second-order valence-corrected chi connectivity index (χ2v) is 7.34. The smallest absolute Gasteiger partial charge is 0.300 e. The predicted octanol–water partition coefficient (Wildman–Crippen LogP) is 2.30. The first-order chi connectivity index (χ1) is 14.7. The Kier molecular flexibility index (Phi) is 5.80. The van der Waals surface area contributed by atoms with Crippen LogP contribution < -0.4 is 15.6 Å². The summed E-state index contributed by atoms with van der Waals surface area (Å²) >= 11 is 1.23. The van der Waals surface area contributed by atoms with Gasteiger partial charge in [0.2, 0.25) is 11.6 Å². The molecule has 1 N–H and O–H groups in total. The number of rotatable bonds is 7. The summed E-state index contributed by atoms with van der Waals surface area (Å²) in [7, 11) is 1.61. The van der Waals surface area contributed by atoms with E-state index in [-0.39, 0.29) is 22.9 Å². The van der Waals surface area contributed by atoms with Gasteiger partial charge < -0.3 is 10.1 Å². The van der Waals surface area contributed by atoms with E-state index in [1.807, 2.05) is 54.6 Å². The van der Waals surface area contributed by atoms with Crippen molar-refractivity contribution >= 4 is 23.3 Å². The zero-order valence-corrected chi connectivity index (χ0v) is 17.0. The standard InChI is InChI=1S/C21H19N5O3S/c1-29-17-9-7-15(8-10-17)13-22-18(27)14-30-21-24-23-19-20(28)25(11-12-26(19)21)16-5-3-2-4-6-16/h2-12H,13-14H2,1H3,(H,22,27). The second-order valence-electron chi connectivity index (χ2n) is 6.40. The lowest BCUT2D eigenvalue weighted by atomic mass is 10.2. The number of para-hydroxylation sites is 1. The van der Waals surface area contributed by atoms with Crippen LogP contribution in [0.4, 0.5) is 0 Å². The van der Waals surface area contributed by atoms with Crippen LogP contribution in [0.5, 0.6) is 5.75 Å². The molecule has 0 saturated carbocycles. The number of nitrogens with one attached hydrogen (secondary N) is 1. The third-order valence-corrected chi connectivity index (χ3v) is 5.40. The molecule has 30 heavy (non-hydrogen) atoms. The van der Waals surface area contributed by atoms with Crippen LogP contribution in [0, 0.1) is 0 Å². The molecule has 2 heterocycles. The van der Waals surface area contributed by atoms with Crippen LogP contribution in [0.15, 0.2) is 76.9 Å². The molecule has 0 aliphatic heterocycles. The molecule has 0 radical (unpaired) electrons. The van der Waals surface area contributed by atoms with E-state index in [1.54, 1.807) is 23.9 Å². The van der Waals surface area contributed by atoms with Gasteiger partial charge in [0.25, 0.3) is 0 Å². The quantitative estimate of drug-likeness (QED) is 0.461. The Bertz CT molecular complexity index is 1220. The zero-order valence-electron chi connectivity index (χ0n) is 16.2. The molecule has 0 aliphatic rings. The molecule has 2 aromatic heterocycles. The highest BCUT2D eigenvalue weighted by Crippen LogP contribution is 2.16. The van der Waals surface area contributed by atoms with Crippen LogP contribution in [0.1, 0.15) is 5.56 Å². The maximum absolute atomic E-state index is 12.7. The summed E-state index contributed by atoms with van der Waals surface area (Å²) in [6, 6.07) is 16.8. The molecule has 0 fully saturated rings. The monoisotopic (exact) mass is 421 g/mol. The van der Waals surface area contributed by atoms with Crippen LogP contribution >= 0.6 is 11.8 Å². The molecule has 8 nitrogen and oxygen atoms in total. The van der Waals surface area contributed by atoms with Crippen molar-refractivity contribution < 1.29 is 9.53 Å². The predicted molar refractivity (Wildman–Crippen MR) is 114 cm³/mol. The minimum atomic E-state index is -0.271. The molecule has 4 rings (SSSR count). The third kappa shape index (κ3) is 4.20. The lowest BCUT2D eigenvalue weighted by molar-refractivity contribution is -0.118. The van der Waals surface area contributed by atoms with Gasteiger partial charge in [0.15, 0.2) is 5.16 Å². The molecule has 0 aliphatic carbocycles. The number of thioether (sulfide) groups is 1. The molecule has 4 aromatic rings. The molecule has 0 saturated heterocycles. The normalized spacial score (nSPS) is 10.8. The molecule has 2 aromatic carbocycles. The summed E-state index contributed by atoms with van der Waals surface area (Å²) in [5, 5.41) is 11.4. The minimum absolute atomic E-state index is 0.134. The van der Waals surface area contributed by atoms with Crippen LogP contribution in [-0.2, 0) is 11.3 Å². The average Bonchev–Trinajstić information content (AvgIpc) is 3.21. The lowest BCUT2D eigenvalue weighted by Gasteiger charge is -2.07. The maximum Gasteiger partial charge on any atom is 0.300 e. The van der Waals surface area contributed by atoms with Crippen LogP contribution in [0.3, 0.4) is 0 Å². The Morgan fingerprint density at radius 3 is 2.57 bits per heavy atom. The van der Waals surface area contributed by atoms with Gasteiger partial charge in [0.05, 0.1) is 12.9 Å². The van der Waals surface area contributed by atoms with Gasteiger partial charge in [-0.05, 0) is 29.8 Å². The largest absolute Gasteiger partial charge is 0.497 e. The van der Waals surface area contributed by atoms with Gasteiger partial charge >= 0.3 is 5.56 Å². The first kappa shape index (κ1) is 19.7. The number of amides is 1. The summed E-state index contributed by atoms with van der Waals surface area (Å²) in [6.45, 7) is 0.422. The number of benzene rings is 2. The number of carbonyl (C=O) groups excluding carboxylic acids is 1. The van der Waals surface area contributed by atoms with E-state index in [0.717, 1.165) is 17.0 Å². The SMILES string of the molecule is COc1ccc(CNC(=O)CSc2nnc3c(=O)n(-c4ccccc4)ccn23)cc1. The molecule has 0 unspecified atom stereocenters. The van der Waals surface area contributed by atoms with E-state index in [0.29, 0.717) is 11.7 Å². The van der Waals surface area contributed by atoms with E-state index < -0.39 is 0 Å². The fourth-order valence-corrected chi connectivity index (χ4v) is 3.63. The van der Waals surface area contributed by atoms with Crippen molar-refractivity contribution in [2.45, 2.75) is 11.7 Å². The van der Waals surface area contributed by atoms with E-state index in [9.17, 15) is 9.59 Å². The number of fused-ring (bicyclic) bond motifs is 1. The first-order valence-corrected chi connectivity index (χ1v) is 10.2. The Labute approximate surface area is 176 Å². The number of hydrogen-bond acceptors (Lipinski definition) is 6. The van der Waals surface area contributed by atoms with Crippen molar-refractivity contribution in [2.24, 2.45) is 0 Å². The van der Waals surface area contributed by atoms with Crippen LogP contribution in [-0.4, -0.2) is 37.9 Å². The minimum Gasteiger partial charge on any atom is -0.497 e. The average molecular weight is 421 g/mol. The van der Waals surface area contributed by atoms with Gasteiger partial charge in [0.1, 0.15) is 5.75 Å². The summed E-state index contributed by atoms with van der Waals surface area (Å²) in [5.74, 6) is 0.800. The van der Waals surface area contributed by atoms with E-state index in [2.05, 4.69) is 15.5 Å². The van der Waals surface area contributed by atoms with Gasteiger partial charge in [-0.15, -0.1) is 10.2 Å². The van der Waals surface area contributed by atoms with Gasteiger partial charge in [-0.2, -0.15) is 0 Å². The van der Waals surface area contributed by atoms with Gasteiger partial charge in [-0.1, -0.05) is 42.1 Å². The number of nitrogens with zero attached hydrogens (tertiary/aromatic N) is 4. The van der Waals surface area contributed by atoms with E-state index in [4.69, 9.17) is 4.74 Å². The van der Waals surface area contributed by atoms with Crippen molar-refractivity contribution in [3.05, 3.63) is 82.9 Å². The van der Waals surface area contributed by atoms with Crippen LogP contribution in [0.2, 0.25) is 0 Å². The second kappa shape index (κ2) is 8.83. The van der Waals surface area contributed by atoms with Crippen LogP contribution in [0.25, 0.3) is 11.3 Å². The number of ether oxygens (including phenoxy) is 1. The molecule has 152 valence electrons. The highest BCUT2D eigenvalue weighted by molar-refractivity contribution is 7.99. The summed E-state index contributed by atoms with van der Waals surface area (Å²) in [6.07, 6.45) is 3.39. The van der Waals surface area contributed by atoms with E-state index >= 15 is 0 Å². The number of aromatic nitrogens is 4. The number of hydrogen-bond donors (Lipinski definition) is 1. The molecule has 9 heteroatoms. The van der Waals surface area contributed by atoms with Gasteiger partial charge in [-0.25, -0.2) is 0 Å². The number of methoxy groups -OCH3 is 1. The van der Waals surface area contributed by atoms with Gasteiger partial charge in [0, 0.05) is 24.6 Å². The Balaban J connectivity index is 1.41. The van der Waals surface area contributed by atoms with Crippen molar-refractivity contribution in [1.29, 1.82) is 0 Å². The van der Waals surface area contributed by atoms with Crippen molar-refractivity contribution in [3.8, 4) is 11.4 Å². The molecule has 1 amide bonds. The molecular formula is C21H19N5O3S. The molecule has 0 atom stereocenters. The topological polar surface area (TPSA) is 90.5 Å². The Morgan fingerprint density at radius 2 is 1.83 bits per heavy atom. The summed E-state index contributed by atoms with van der Waals surface area (Å²) in [4.78, 5) is 24.9. The van der Waals surface area contributed by atoms with E-state index in [1.165, 1.54) is 16.3 Å². The van der Waals surface area contributed by atoms with Crippen molar-refractivity contribution in [2.75, 3.05) is 12.9 Å². The molecule has 0 spiro atoms. The molecular weight excluding hydrogens is 402 g/mol. The Morgan fingerprint density at radius 1 is 1.07 bits per heavy atom. The third-order valence-electron chi connectivity index (χ3n) is 4.45. The van der Waals surface area contributed by atoms with Gasteiger partial charge in [-0.3, -0.25) is 18.6 Å². The fraction of sp³-hybridized carbons (Fsp3) is 0.143. The number of carbonyl (C=O) groups is 1. The summed E-state index contributed by atoms with van der Waals surface area (Å²) in [5.41, 5.74) is 1.66. The maximum atomic E-state index is 12.7. The lowest BCUT2D eigenvalue weighted by Crippen LogP contribution is -2.24. The highest BCUT2D eigenvalue weighted by Gasteiger charge is 2.13. The first-order valence-electron chi connectivity index (χ1n) is 9.20. The zero-order chi connectivity index (χ0) is 20.9. The molecule has 0 bridgehead atoms. The highest BCUT2D eigenvalue weighted by atomic mass is 32.2. The van der Waals surface area contributed by atoms with Crippen molar-refractivity contribution in [3.63, 3.8) is 0 Å². The fourth-order valence-electron chi connectivity index (χ4n) is 2.88. The van der Waals surface area contributed by atoms with Crippen molar-refractivity contribution in [1.82, 2.24) is 24.5 Å². The summed E-state index contributed by atoms with van der Waals surface area (Å²) < 4.78 is 8.24. The Hall–Kier alpha value is -3.59.